The second-order valence-corrected chi connectivity index (χ2v) is 4.98. The minimum atomic E-state index is -1.03. The number of hydrogen-bond donors (Lipinski definition) is 1. The van der Waals surface area contributed by atoms with E-state index in [-0.39, 0.29) is 11.5 Å². The summed E-state index contributed by atoms with van der Waals surface area (Å²) in [5.74, 6) is 0.629. The molecule has 2 atom stereocenters. The fourth-order valence-corrected chi connectivity index (χ4v) is 2.67. The third kappa shape index (κ3) is 1.93. The molecule has 2 nitrogen and oxygen atoms in total. The van der Waals surface area contributed by atoms with Gasteiger partial charge in [-0.05, 0) is 38.3 Å². The Morgan fingerprint density at radius 3 is 2.41 bits per heavy atom. The van der Waals surface area contributed by atoms with Crippen LogP contribution >= 0.6 is 0 Å². The van der Waals surface area contributed by atoms with Crippen molar-refractivity contribution in [3.8, 4) is 5.75 Å². The van der Waals surface area contributed by atoms with Gasteiger partial charge in [-0.2, -0.15) is 0 Å². The van der Waals surface area contributed by atoms with E-state index in [0.29, 0.717) is 11.3 Å². The minimum absolute atomic E-state index is 0.0375. The number of ether oxygens (including phenoxy) is 1. The highest BCUT2D eigenvalue weighted by Gasteiger charge is 2.49. The molecule has 17 heavy (non-hydrogen) atoms. The Morgan fingerprint density at radius 1 is 1.35 bits per heavy atom. The molecule has 2 unspecified atom stereocenters. The van der Waals surface area contributed by atoms with Gasteiger partial charge in [0.15, 0.2) is 0 Å². The Balaban J connectivity index is 2.54. The Hall–Kier alpha value is -1.09. The summed E-state index contributed by atoms with van der Waals surface area (Å²) in [6, 6.07) is 5.77. The smallest absolute Gasteiger partial charge is 0.126 e. The first-order valence-electron chi connectivity index (χ1n) is 6.10. The number of hydrogen-bond acceptors (Lipinski definition) is 2. The molecule has 0 aromatic heterocycles. The second-order valence-electron chi connectivity index (χ2n) is 4.98. The fourth-order valence-electron chi connectivity index (χ4n) is 2.67. The normalized spacial score (nSPS) is 20.8. The van der Waals surface area contributed by atoms with Crippen molar-refractivity contribution in [2.75, 3.05) is 7.11 Å². The van der Waals surface area contributed by atoms with Crippen LogP contribution in [0.5, 0.6) is 5.75 Å². The molecule has 0 heterocycles. The lowest BCUT2D eigenvalue weighted by molar-refractivity contribution is 0.340. The Kier molecular flexibility index (Phi) is 3.13. The van der Waals surface area contributed by atoms with E-state index in [1.54, 1.807) is 14.0 Å². The summed E-state index contributed by atoms with van der Waals surface area (Å²) in [7, 11) is 1.58. The molecule has 1 fully saturated rings. The number of halogens is 1. The van der Waals surface area contributed by atoms with Crippen LogP contribution in [0, 0.1) is 0 Å². The molecule has 0 spiro atoms. The SMILES string of the molecule is COc1cccc(C2(C(C)N)CC2)c1C(C)F. The number of methoxy groups -OCH3 is 1. The average molecular weight is 237 g/mol. The Bertz CT molecular complexity index is 411. The molecule has 0 amide bonds. The molecule has 1 aliphatic rings. The van der Waals surface area contributed by atoms with Crippen LogP contribution in [0.25, 0.3) is 0 Å². The molecule has 1 aromatic carbocycles. The first-order chi connectivity index (χ1) is 8.03. The van der Waals surface area contributed by atoms with Crippen LogP contribution in [0.2, 0.25) is 0 Å². The van der Waals surface area contributed by atoms with Crippen molar-refractivity contribution in [2.24, 2.45) is 5.73 Å². The highest BCUT2D eigenvalue weighted by molar-refractivity contribution is 5.48. The highest BCUT2D eigenvalue weighted by atomic mass is 19.1. The highest BCUT2D eigenvalue weighted by Crippen LogP contribution is 2.53. The Morgan fingerprint density at radius 2 is 2.00 bits per heavy atom. The van der Waals surface area contributed by atoms with E-state index in [9.17, 15) is 4.39 Å². The molecule has 2 rings (SSSR count). The van der Waals surface area contributed by atoms with Crippen molar-refractivity contribution < 1.29 is 9.13 Å². The molecule has 3 heteroatoms. The van der Waals surface area contributed by atoms with Gasteiger partial charge in [0.25, 0.3) is 0 Å². The standard InChI is InChI=1S/C14H20FNO/c1-9(15)13-11(5-4-6-12(13)17-3)14(7-8-14)10(2)16/h4-6,9-10H,7-8,16H2,1-3H3. The summed E-state index contributed by atoms with van der Waals surface area (Å²) in [6.45, 7) is 3.55. The zero-order chi connectivity index (χ0) is 12.6. The summed E-state index contributed by atoms with van der Waals surface area (Å²) in [5.41, 5.74) is 7.73. The van der Waals surface area contributed by atoms with E-state index >= 15 is 0 Å². The predicted octanol–water partition coefficient (Wildman–Crippen LogP) is 3.10. The maximum atomic E-state index is 13.8. The number of alkyl halides is 1. The van der Waals surface area contributed by atoms with Gasteiger partial charge in [0.1, 0.15) is 11.9 Å². The van der Waals surface area contributed by atoms with E-state index in [0.717, 1.165) is 18.4 Å². The predicted molar refractivity (Wildman–Crippen MR) is 67.1 cm³/mol. The number of rotatable bonds is 4. The van der Waals surface area contributed by atoms with Gasteiger partial charge in [-0.15, -0.1) is 0 Å². The summed E-state index contributed by atoms with van der Waals surface area (Å²) in [4.78, 5) is 0. The van der Waals surface area contributed by atoms with Crippen molar-refractivity contribution >= 4 is 0 Å². The van der Waals surface area contributed by atoms with Crippen LogP contribution < -0.4 is 10.5 Å². The van der Waals surface area contributed by atoms with Crippen LogP contribution in [0.1, 0.15) is 44.0 Å². The third-order valence-electron chi connectivity index (χ3n) is 3.88. The van der Waals surface area contributed by atoms with Crippen molar-refractivity contribution in [2.45, 2.75) is 44.3 Å². The maximum absolute atomic E-state index is 13.8. The topological polar surface area (TPSA) is 35.2 Å². The van der Waals surface area contributed by atoms with Crippen molar-refractivity contribution in [1.29, 1.82) is 0 Å². The molecule has 94 valence electrons. The van der Waals surface area contributed by atoms with Crippen molar-refractivity contribution in [3.63, 3.8) is 0 Å². The summed E-state index contributed by atoms with van der Waals surface area (Å²) < 4.78 is 19.1. The van der Waals surface area contributed by atoms with Gasteiger partial charge >= 0.3 is 0 Å². The van der Waals surface area contributed by atoms with Gasteiger partial charge < -0.3 is 10.5 Å². The van der Waals surface area contributed by atoms with Crippen LogP contribution in [0.3, 0.4) is 0 Å². The molecule has 0 saturated heterocycles. The molecule has 0 aliphatic heterocycles. The summed E-state index contributed by atoms with van der Waals surface area (Å²) in [5, 5.41) is 0. The molecule has 2 N–H and O–H groups in total. The van der Waals surface area contributed by atoms with E-state index < -0.39 is 6.17 Å². The molecular formula is C14H20FNO. The molecule has 0 bridgehead atoms. The Labute approximate surface area is 102 Å². The van der Waals surface area contributed by atoms with E-state index in [4.69, 9.17) is 10.5 Å². The molecule has 1 saturated carbocycles. The van der Waals surface area contributed by atoms with Crippen LogP contribution in [-0.2, 0) is 5.41 Å². The van der Waals surface area contributed by atoms with Crippen molar-refractivity contribution in [3.05, 3.63) is 29.3 Å². The van der Waals surface area contributed by atoms with Gasteiger partial charge in [-0.1, -0.05) is 12.1 Å². The van der Waals surface area contributed by atoms with E-state index in [1.807, 2.05) is 25.1 Å². The van der Waals surface area contributed by atoms with E-state index in [1.165, 1.54) is 0 Å². The van der Waals surface area contributed by atoms with Gasteiger partial charge in [0.2, 0.25) is 0 Å². The average Bonchev–Trinajstić information content (AvgIpc) is 3.08. The molecule has 1 aromatic rings. The lowest BCUT2D eigenvalue weighted by Gasteiger charge is -2.25. The largest absolute Gasteiger partial charge is 0.496 e. The monoisotopic (exact) mass is 237 g/mol. The molecular weight excluding hydrogens is 217 g/mol. The first kappa shape index (κ1) is 12.4. The van der Waals surface area contributed by atoms with Gasteiger partial charge in [-0.3, -0.25) is 0 Å². The second kappa shape index (κ2) is 4.30. The maximum Gasteiger partial charge on any atom is 0.126 e. The lowest BCUT2D eigenvalue weighted by atomic mass is 9.84. The van der Waals surface area contributed by atoms with Gasteiger partial charge in [-0.25, -0.2) is 4.39 Å². The first-order valence-corrected chi connectivity index (χ1v) is 6.10. The van der Waals surface area contributed by atoms with Gasteiger partial charge in [0, 0.05) is 17.0 Å². The quantitative estimate of drug-likeness (QED) is 0.873. The van der Waals surface area contributed by atoms with Crippen LogP contribution in [0.15, 0.2) is 18.2 Å². The third-order valence-corrected chi connectivity index (χ3v) is 3.88. The zero-order valence-electron chi connectivity index (χ0n) is 10.7. The summed E-state index contributed by atoms with van der Waals surface area (Å²) in [6.07, 6.45) is 1.05. The molecule has 0 radical (unpaired) electrons. The number of nitrogens with two attached hydrogens (primary N) is 1. The zero-order valence-corrected chi connectivity index (χ0v) is 10.7. The molecule has 1 aliphatic carbocycles. The number of benzene rings is 1. The van der Waals surface area contributed by atoms with Gasteiger partial charge in [0.05, 0.1) is 7.11 Å². The minimum Gasteiger partial charge on any atom is -0.496 e. The lowest BCUT2D eigenvalue weighted by Crippen LogP contribution is -2.32. The fraction of sp³-hybridized carbons (Fsp3) is 0.571. The summed E-state index contributed by atoms with van der Waals surface area (Å²) >= 11 is 0. The van der Waals surface area contributed by atoms with Crippen LogP contribution in [-0.4, -0.2) is 13.2 Å². The van der Waals surface area contributed by atoms with E-state index in [2.05, 4.69) is 0 Å². The van der Waals surface area contributed by atoms with Crippen molar-refractivity contribution in [1.82, 2.24) is 0 Å². The van der Waals surface area contributed by atoms with Crippen LogP contribution in [0.4, 0.5) is 4.39 Å².